The Balaban J connectivity index is 0.00000338. The Morgan fingerprint density at radius 2 is 1.96 bits per heavy atom. The quantitative estimate of drug-likeness (QED) is 0.365. The van der Waals surface area contributed by atoms with Gasteiger partial charge in [0, 0.05) is 50.7 Å². The van der Waals surface area contributed by atoms with Gasteiger partial charge in [-0.25, -0.2) is 8.42 Å². The predicted molar refractivity (Wildman–Crippen MR) is 118 cm³/mol. The molecule has 0 unspecified atom stereocenters. The van der Waals surface area contributed by atoms with Crippen LogP contribution in [-0.2, 0) is 9.84 Å². The van der Waals surface area contributed by atoms with Gasteiger partial charge in [-0.05, 0) is 19.1 Å². The third-order valence-corrected chi connectivity index (χ3v) is 4.98. The number of methoxy groups -OCH3 is 1. The van der Waals surface area contributed by atoms with E-state index in [0.717, 1.165) is 50.1 Å². The standard InChI is InChI=1S/C17H28N4O3S.HI/c1-4-18-17(19-8-13-25(3,22)23)21-11-9-20(10-12-21)15-6-5-7-16(14-15)24-2;/h5-7,14H,4,8-13H2,1-3H3,(H,18,19);1H. The molecule has 0 amide bonds. The average Bonchev–Trinajstić information content (AvgIpc) is 2.60. The maximum Gasteiger partial charge on any atom is 0.194 e. The van der Waals surface area contributed by atoms with E-state index in [0.29, 0.717) is 0 Å². The summed E-state index contributed by atoms with van der Waals surface area (Å²) < 4.78 is 27.9. The summed E-state index contributed by atoms with van der Waals surface area (Å²) in [6, 6.07) is 8.07. The first kappa shape index (κ1) is 22.8. The van der Waals surface area contributed by atoms with Crippen LogP contribution >= 0.6 is 24.0 Å². The van der Waals surface area contributed by atoms with Crippen LogP contribution in [0.2, 0.25) is 0 Å². The lowest BCUT2D eigenvalue weighted by Gasteiger charge is -2.37. The monoisotopic (exact) mass is 496 g/mol. The molecule has 1 fully saturated rings. The minimum Gasteiger partial charge on any atom is -0.497 e. The molecule has 1 N–H and O–H groups in total. The summed E-state index contributed by atoms with van der Waals surface area (Å²) in [6.07, 6.45) is 1.24. The Bertz CT molecular complexity index is 689. The first-order valence-electron chi connectivity index (χ1n) is 8.53. The van der Waals surface area contributed by atoms with Crippen molar-refractivity contribution in [2.75, 3.05) is 63.3 Å². The van der Waals surface area contributed by atoms with Gasteiger partial charge in [0.05, 0.1) is 19.4 Å². The summed E-state index contributed by atoms with van der Waals surface area (Å²) >= 11 is 0. The van der Waals surface area contributed by atoms with Crippen LogP contribution in [-0.4, -0.2) is 77.7 Å². The van der Waals surface area contributed by atoms with Gasteiger partial charge >= 0.3 is 0 Å². The van der Waals surface area contributed by atoms with Crippen LogP contribution in [0.5, 0.6) is 5.75 Å². The smallest absolute Gasteiger partial charge is 0.194 e. The Morgan fingerprint density at radius 1 is 1.27 bits per heavy atom. The molecule has 1 saturated heterocycles. The minimum atomic E-state index is -2.99. The van der Waals surface area contributed by atoms with Gasteiger partial charge in [0.25, 0.3) is 0 Å². The Hall–Kier alpha value is -1.23. The molecule has 148 valence electrons. The van der Waals surface area contributed by atoms with Gasteiger partial charge in [-0.15, -0.1) is 24.0 Å². The summed E-state index contributed by atoms with van der Waals surface area (Å²) in [5, 5.41) is 3.25. The fourth-order valence-corrected chi connectivity index (χ4v) is 3.15. The van der Waals surface area contributed by atoms with E-state index in [9.17, 15) is 8.42 Å². The van der Waals surface area contributed by atoms with Gasteiger partial charge in [-0.1, -0.05) is 6.07 Å². The Kier molecular flexibility index (Phi) is 9.48. The normalized spacial score (nSPS) is 15.4. The number of hydrogen-bond acceptors (Lipinski definition) is 5. The zero-order chi connectivity index (χ0) is 18.3. The highest BCUT2D eigenvalue weighted by Crippen LogP contribution is 2.22. The second-order valence-electron chi connectivity index (χ2n) is 6.04. The second kappa shape index (κ2) is 10.8. The van der Waals surface area contributed by atoms with Gasteiger partial charge in [0.15, 0.2) is 5.96 Å². The summed E-state index contributed by atoms with van der Waals surface area (Å²) in [5.74, 6) is 1.72. The molecule has 1 aliphatic rings. The second-order valence-corrected chi connectivity index (χ2v) is 8.30. The Morgan fingerprint density at radius 3 is 2.54 bits per heavy atom. The van der Waals surface area contributed by atoms with Gasteiger partial charge in [0.2, 0.25) is 0 Å². The third-order valence-electron chi connectivity index (χ3n) is 4.06. The van der Waals surface area contributed by atoms with Gasteiger partial charge in [0.1, 0.15) is 15.6 Å². The van der Waals surface area contributed by atoms with Crippen LogP contribution in [0, 0.1) is 0 Å². The van der Waals surface area contributed by atoms with Crippen molar-refractivity contribution < 1.29 is 13.2 Å². The highest BCUT2D eigenvalue weighted by Gasteiger charge is 2.20. The molecule has 9 heteroatoms. The number of nitrogens with one attached hydrogen (secondary N) is 1. The lowest BCUT2D eigenvalue weighted by Crippen LogP contribution is -2.52. The summed E-state index contributed by atoms with van der Waals surface area (Å²) in [6.45, 7) is 6.49. The molecule has 0 saturated carbocycles. The number of nitrogens with zero attached hydrogens (tertiary/aromatic N) is 3. The zero-order valence-corrected chi connectivity index (χ0v) is 18.8. The highest BCUT2D eigenvalue weighted by molar-refractivity contribution is 14.0. The molecule has 1 heterocycles. The van der Waals surface area contributed by atoms with Gasteiger partial charge < -0.3 is 19.9 Å². The molecule has 0 radical (unpaired) electrons. The molecule has 0 aromatic heterocycles. The maximum atomic E-state index is 11.3. The van der Waals surface area contributed by atoms with E-state index in [-0.39, 0.29) is 36.3 Å². The van der Waals surface area contributed by atoms with Crippen LogP contribution in [0.25, 0.3) is 0 Å². The van der Waals surface area contributed by atoms with Crippen molar-refractivity contribution in [3.63, 3.8) is 0 Å². The molecule has 26 heavy (non-hydrogen) atoms. The van der Waals surface area contributed by atoms with Crippen LogP contribution in [0.4, 0.5) is 5.69 Å². The van der Waals surface area contributed by atoms with Crippen molar-refractivity contribution in [1.82, 2.24) is 10.2 Å². The Labute approximate surface area is 173 Å². The van der Waals surface area contributed by atoms with E-state index in [1.807, 2.05) is 25.1 Å². The summed E-state index contributed by atoms with van der Waals surface area (Å²) in [7, 11) is -1.32. The lowest BCUT2D eigenvalue weighted by molar-refractivity contribution is 0.372. The highest BCUT2D eigenvalue weighted by atomic mass is 127. The van der Waals surface area contributed by atoms with E-state index in [1.54, 1.807) is 7.11 Å². The van der Waals surface area contributed by atoms with Crippen LogP contribution in [0.1, 0.15) is 6.92 Å². The molecule has 0 bridgehead atoms. The topological polar surface area (TPSA) is 74.2 Å². The number of hydrogen-bond donors (Lipinski definition) is 1. The number of ether oxygens (including phenoxy) is 1. The van der Waals surface area contributed by atoms with Gasteiger partial charge in [-0.3, -0.25) is 4.99 Å². The molecule has 0 atom stereocenters. The number of guanidine groups is 1. The fourth-order valence-electron chi connectivity index (χ4n) is 2.73. The number of piperazine rings is 1. The van der Waals surface area contributed by atoms with Crippen molar-refractivity contribution in [3.8, 4) is 5.75 Å². The van der Waals surface area contributed by atoms with Crippen LogP contribution in [0.15, 0.2) is 29.3 Å². The molecule has 1 aromatic rings. The molecule has 0 spiro atoms. The molecule has 2 rings (SSSR count). The third kappa shape index (κ3) is 7.18. The number of sulfone groups is 1. The fraction of sp³-hybridized carbons (Fsp3) is 0.588. The van der Waals surface area contributed by atoms with Crippen molar-refractivity contribution in [3.05, 3.63) is 24.3 Å². The number of anilines is 1. The van der Waals surface area contributed by atoms with Gasteiger partial charge in [-0.2, -0.15) is 0 Å². The van der Waals surface area contributed by atoms with E-state index < -0.39 is 9.84 Å². The lowest BCUT2D eigenvalue weighted by atomic mass is 10.2. The summed E-state index contributed by atoms with van der Waals surface area (Å²) in [5.41, 5.74) is 1.15. The SMILES string of the molecule is CCNC(=NCCS(C)(=O)=O)N1CCN(c2cccc(OC)c2)CC1.I. The van der Waals surface area contributed by atoms with E-state index in [1.165, 1.54) is 6.26 Å². The molecule has 1 aliphatic heterocycles. The van der Waals surface area contributed by atoms with Crippen molar-refractivity contribution >= 4 is 45.5 Å². The number of halogens is 1. The van der Waals surface area contributed by atoms with Crippen LogP contribution in [0.3, 0.4) is 0 Å². The van der Waals surface area contributed by atoms with E-state index in [4.69, 9.17) is 4.74 Å². The largest absolute Gasteiger partial charge is 0.497 e. The van der Waals surface area contributed by atoms with Crippen LogP contribution < -0.4 is 15.0 Å². The number of benzene rings is 1. The zero-order valence-electron chi connectivity index (χ0n) is 15.6. The maximum absolute atomic E-state index is 11.3. The minimum absolute atomic E-state index is 0. The molecule has 1 aromatic carbocycles. The molecular weight excluding hydrogens is 467 g/mol. The number of aliphatic imine (C=N–C) groups is 1. The molecule has 7 nitrogen and oxygen atoms in total. The van der Waals surface area contributed by atoms with Crippen molar-refractivity contribution in [2.24, 2.45) is 4.99 Å². The molecule has 0 aliphatic carbocycles. The van der Waals surface area contributed by atoms with E-state index >= 15 is 0 Å². The molecular formula is C17H29IN4O3S. The predicted octanol–water partition coefficient (Wildman–Crippen LogP) is 1.45. The first-order valence-corrected chi connectivity index (χ1v) is 10.6. The first-order chi connectivity index (χ1) is 11.9. The summed E-state index contributed by atoms with van der Waals surface area (Å²) in [4.78, 5) is 8.96. The van der Waals surface area contributed by atoms with Crippen molar-refractivity contribution in [1.29, 1.82) is 0 Å². The van der Waals surface area contributed by atoms with Crippen molar-refractivity contribution in [2.45, 2.75) is 6.92 Å². The average molecular weight is 496 g/mol. The van der Waals surface area contributed by atoms with E-state index in [2.05, 4.69) is 26.2 Å². The number of rotatable bonds is 6.